The van der Waals surface area contributed by atoms with Gasteiger partial charge in [0.2, 0.25) is 5.91 Å². The molecule has 2 N–H and O–H groups in total. The molecule has 0 aliphatic rings. The molecule has 0 aliphatic heterocycles. The molecule has 8 heteroatoms. The van der Waals surface area contributed by atoms with E-state index in [9.17, 15) is 20.0 Å². The first-order valence-corrected chi connectivity index (χ1v) is 7.50. The number of aliphatic hydroxyl groups is 1. The SMILES string of the molecule is Cc1ccccc1C(O)CNC(=O)Cn1nc(C)c([N+](=O)[O-])c1C. The van der Waals surface area contributed by atoms with Crippen molar-refractivity contribution < 1.29 is 14.8 Å². The minimum absolute atomic E-state index is 0.0606. The summed E-state index contributed by atoms with van der Waals surface area (Å²) in [6, 6.07) is 7.38. The summed E-state index contributed by atoms with van der Waals surface area (Å²) in [4.78, 5) is 22.5. The first kappa shape index (κ1) is 17.6. The Labute approximate surface area is 139 Å². The van der Waals surface area contributed by atoms with E-state index in [4.69, 9.17) is 0 Å². The van der Waals surface area contributed by atoms with Gasteiger partial charge in [-0.15, -0.1) is 0 Å². The number of nitrogens with zero attached hydrogens (tertiary/aromatic N) is 3. The van der Waals surface area contributed by atoms with Crippen molar-refractivity contribution in [3.63, 3.8) is 0 Å². The normalized spacial score (nSPS) is 12.0. The van der Waals surface area contributed by atoms with Crippen molar-refractivity contribution in [2.45, 2.75) is 33.4 Å². The van der Waals surface area contributed by atoms with Gasteiger partial charge in [-0.2, -0.15) is 5.10 Å². The highest BCUT2D eigenvalue weighted by molar-refractivity contribution is 5.75. The van der Waals surface area contributed by atoms with Crippen LogP contribution < -0.4 is 5.32 Å². The van der Waals surface area contributed by atoms with Crippen molar-refractivity contribution in [2.24, 2.45) is 0 Å². The maximum atomic E-state index is 12.0. The van der Waals surface area contributed by atoms with Gasteiger partial charge in [-0.1, -0.05) is 24.3 Å². The Morgan fingerprint density at radius 1 is 1.38 bits per heavy atom. The molecule has 0 saturated heterocycles. The lowest BCUT2D eigenvalue weighted by Crippen LogP contribution is -2.32. The minimum atomic E-state index is -0.815. The number of aromatic nitrogens is 2. The number of hydrogen-bond acceptors (Lipinski definition) is 5. The predicted molar refractivity (Wildman–Crippen MR) is 87.5 cm³/mol. The second kappa shape index (κ2) is 7.22. The number of nitrogens with one attached hydrogen (secondary N) is 1. The van der Waals surface area contributed by atoms with Crippen LogP contribution in [0.1, 0.15) is 28.6 Å². The van der Waals surface area contributed by atoms with Crippen molar-refractivity contribution in [1.82, 2.24) is 15.1 Å². The average molecular weight is 332 g/mol. The molecule has 2 aromatic rings. The summed E-state index contributed by atoms with van der Waals surface area (Å²) in [5, 5.41) is 27.8. The van der Waals surface area contributed by atoms with Gasteiger partial charge in [0.1, 0.15) is 17.9 Å². The smallest absolute Gasteiger partial charge is 0.312 e. The Bertz CT molecular complexity index is 769. The van der Waals surface area contributed by atoms with E-state index in [-0.39, 0.29) is 30.4 Å². The van der Waals surface area contributed by atoms with E-state index in [2.05, 4.69) is 10.4 Å². The van der Waals surface area contributed by atoms with Gasteiger partial charge < -0.3 is 10.4 Å². The van der Waals surface area contributed by atoms with E-state index >= 15 is 0 Å². The molecular weight excluding hydrogens is 312 g/mol. The fourth-order valence-corrected chi connectivity index (χ4v) is 2.58. The molecule has 24 heavy (non-hydrogen) atoms. The molecule has 0 spiro atoms. The standard InChI is InChI=1S/C16H20N4O4/c1-10-6-4-5-7-13(10)14(21)8-17-15(22)9-19-12(3)16(20(23)24)11(2)18-19/h4-7,14,21H,8-9H2,1-3H3,(H,17,22). The first-order valence-electron chi connectivity index (χ1n) is 7.50. The molecule has 0 fully saturated rings. The summed E-state index contributed by atoms with van der Waals surface area (Å²) in [6.07, 6.45) is -0.815. The van der Waals surface area contributed by atoms with Crippen LogP contribution >= 0.6 is 0 Å². The zero-order chi connectivity index (χ0) is 17.9. The van der Waals surface area contributed by atoms with Crippen molar-refractivity contribution >= 4 is 11.6 Å². The van der Waals surface area contributed by atoms with E-state index in [0.717, 1.165) is 11.1 Å². The van der Waals surface area contributed by atoms with Crippen LogP contribution in [0.2, 0.25) is 0 Å². The van der Waals surface area contributed by atoms with Crippen LogP contribution in [0.4, 0.5) is 5.69 Å². The van der Waals surface area contributed by atoms with Crippen LogP contribution in [-0.2, 0) is 11.3 Å². The maximum absolute atomic E-state index is 12.0. The molecule has 1 unspecified atom stereocenters. The predicted octanol–water partition coefficient (Wildman–Crippen LogP) is 1.57. The second-order valence-electron chi connectivity index (χ2n) is 5.61. The Kier molecular flexibility index (Phi) is 5.30. The third kappa shape index (κ3) is 3.77. The van der Waals surface area contributed by atoms with Crippen LogP contribution in [0.25, 0.3) is 0 Å². The molecule has 2 rings (SSSR count). The zero-order valence-corrected chi connectivity index (χ0v) is 13.8. The van der Waals surface area contributed by atoms with Gasteiger partial charge in [0, 0.05) is 6.54 Å². The molecule has 128 valence electrons. The maximum Gasteiger partial charge on any atom is 0.312 e. The van der Waals surface area contributed by atoms with Crippen LogP contribution in [-0.4, -0.2) is 32.3 Å². The third-order valence-corrected chi connectivity index (χ3v) is 3.86. The number of benzene rings is 1. The number of aliphatic hydroxyl groups excluding tert-OH is 1. The average Bonchev–Trinajstić information content (AvgIpc) is 2.79. The monoisotopic (exact) mass is 332 g/mol. The summed E-state index contributed by atoms with van der Waals surface area (Å²) >= 11 is 0. The topological polar surface area (TPSA) is 110 Å². The molecule has 0 saturated carbocycles. The minimum Gasteiger partial charge on any atom is -0.387 e. The van der Waals surface area contributed by atoms with E-state index in [1.807, 2.05) is 25.1 Å². The Balaban J connectivity index is 1.98. The van der Waals surface area contributed by atoms with E-state index < -0.39 is 11.0 Å². The second-order valence-corrected chi connectivity index (χ2v) is 5.61. The number of aryl methyl sites for hydroxylation is 2. The Morgan fingerprint density at radius 2 is 2.04 bits per heavy atom. The molecule has 1 aromatic heterocycles. The van der Waals surface area contributed by atoms with Gasteiger partial charge in [0.15, 0.2) is 0 Å². The van der Waals surface area contributed by atoms with E-state index in [1.165, 1.54) is 11.6 Å². The summed E-state index contributed by atoms with van der Waals surface area (Å²) in [5.41, 5.74) is 2.20. The van der Waals surface area contributed by atoms with Crippen LogP contribution in [0, 0.1) is 30.9 Å². The Morgan fingerprint density at radius 3 is 2.62 bits per heavy atom. The molecule has 0 radical (unpaired) electrons. The molecular formula is C16H20N4O4. The molecule has 1 heterocycles. The Hall–Kier alpha value is -2.74. The molecule has 1 aromatic carbocycles. The van der Waals surface area contributed by atoms with Gasteiger partial charge >= 0.3 is 5.69 Å². The lowest BCUT2D eigenvalue weighted by Gasteiger charge is -2.14. The van der Waals surface area contributed by atoms with Crippen molar-refractivity contribution in [3.05, 3.63) is 56.9 Å². The highest BCUT2D eigenvalue weighted by Crippen LogP contribution is 2.21. The fraction of sp³-hybridized carbons (Fsp3) is 0.375. The lowest BCUT2D eigenvalue weighted by atomic mass is 10.0. The fourth-order valence-electron chi connectivity index (χ4n) is 2.58. The largest absolute Gasteiger partial charge is 0.387 e. The van der Waals surface area contributed by atoms with Crippen LogP contribution in [0.3, 0.4) is 0 Å². The van der Waals surface area contributed by atoms with E-state index in [0.29, 0.717) is 5.69 Å². The van der Waals surface area contributed by atoms with E-state index in [1.54, 1.807) is 13.0 Å². The summed E-state index contributed by atoms with van der Waals surface area (Å²) < 4.78 is 1.29. The number of hydrogen-bond donors (Lipinski definition) is 2. The van der Waals surface area contributed by atoms with Gasteiger partial charge in [-0.25, -0.2) is 0 Å². The summed E-state index contributed by atoms with van der Waals surface area (Å²) in [6.45, 7) is 4.89. The van der Waals surface area contributed by atoms with Crippen LogP contribution in [0.5, 0.6) is 0 Å². The number of carbonyl (C=O) groups is 1. The quantitative estimate of drug-likeness (QED) is 0.616. The lowest BCUT2D eigenvalue weighted by molar-refractivity contribution is -0.386. The molecule has 1 atom stereocenters. The number of carbonyl (C=O) groups excluding carboxylic acids is 1. The number of rotatable bonds is 6. The first-order chi connectivity index (χ1) is 11.3. The highest BCUT2D eigenvalue weighted by Gasteiger charge is 2.22. The number of nitro groups is 1. The van der Waals surface area contributed by atoms with Crippen molar-refractivity contribution in [1.29, 1.82) is 0 Å². The van der Waals surface area contributed by atoms with Gasteiger partial charge in [-0.3, -0.25) is 19.6 Å². The number of amides is 1. The van der Waals surface area contributed by atoms with Gasteiger partial charge in [-0.05, 0) is 31.9 Å². The van der Waals surface area contributed by atoms with Crippen molar-refractivity contribution in [2.75, 3.05) is 6.54 Å². The summed E-state index contributed by atoms with van der Waals surface area (Å²) in [5.74, 6) is -0.372. The molecule has 1 amide bonds. The highest BCUT2D eigenvalue weighted by atomic mass is 16.6. The van der Waals surface area contributed by atoms with Gasteiger partial charge in [0.25, 0.3) is 0 Å². The molecule has 8 nitrogen and oxygen atoms in total. The van der Waals surface area contributed by atoms with Crippen molar-refractivity contribution in [3.8, 4) is 0 Å². The molecule has 0 aliphatic carbocycles. The summed E-state index contributed by atoms with van der Waals surface area (Å²) in [7, 11) is 0. The third-order valence-electron chi connectivity index (χ3n) is 3.86. The van der Waals surface area contributed by atoms with Gasteiger partial charge in [0.05, 0.1) is 11.0 Å². The molecule has 0 bridgehead atoms. The zero-order valence-electron chi connectivity index (χ0n) is 13.8. The van der Waals surface area contributed by atoms with Crippen LogP contribution in [0.15, 0.2) is 24.3 Å².